The highest BCUT2D eigenvalue weighted by Crippen LogP contribution is 2.42. The van der Waals surface area contributed by atoms with Crippen LogP contribution in [0.1, 0.15) is 19.8 Å². The van der Waals surface area contributed by atoms with Crippen LogP contribution in [0.3, 0.4) is 0 Å². The number of carbonyl (C=O) groups is 2. The Bertz CT molecular complexity index is 1080. The maximum atomic E-state index is 13.4. The Kier molecular flexibility index (Phi) is 4.32. The Balaban J connectivity index is 1.51. The molecular weight excluding hydrogens is 364 g/mol. The predicted octanol–water partition coefficient (Wildman–Crippen LogP) is 4.32. The molecule has 2 heterocycles. The van der Waals surface area contributed by atoms with Crippen LogP contribution in [0.4, 0.5) is 11.4 Å². The van der Waals surface area contributed by atoms with Crippen molar-refractivity contribution in [2.75, 3.05) is 9.96 Å². The van der Waals surface area contributed by atoms with Crippen LogP contribution in [0.25, 0.3) is 10.8 Å². The SMILES string of the molecule is CCC[C@@H]1[C@H]2C(=O)N(c3ccc4ccccc4c3)C(=O)[C@@H]2ON1c1ccccc1. The van der Waals surface area contributed by atoms with Gasteiger partial charge in [-0.15, -0.1) is 0 Å². The lowest BCUT2D eigenvalue weighted by Crippen LogP contribution is -2.40. The summed E-state index contributed by atoms with van der Waals surface area (Å²) in [5, 5.41) is 3.84. The Morgan fingerprint density at radius 3 is 2.31 bits per heavy atom. The maximum absolute atomic E-state index is 13.4. The van der Waals surface area contributed by atoms with Crippen molar-refractivity contribution < 1.29 is 14.4 Å². The largest absolute Gasteiger partial charge is 0.273 e. The van der Waals surface area contributed by atoms with E-state index in [1.165, 1.54) is 4.90 Å². The van der Waals surface area contributed by atoms with Crippen molar-refractivity contribution in [1.82, 2.24) is 0 Å². The Morgan fingerprint density at radius 2 is 1.55 bits per heavy atom. The molecule has 5 nitrogen and oxygen atoms in total. The molecule has 3 atom stereocenters. The topological polar surface area (TPSA) is 49.9 Å². The minimum atomic E-state index is -0.772. The van der Waals surface area contributed by atoms with Crippen LogP contribution in [-0.2, 0) is 14.4 Å². The first-order valence-electron chi connectivity index (χ1n) is 10.1. The summed E-state index contributed by atoms with van der Waals surface area (Å²) in [6.45, 7) is 2.08. The molecule has 0 unspecified atom stereocenters. The highest BCUT2D eigenvalue weighted by Gasteiger charge is 2.59. The molecule has 5 heteroatoms. The second kappa shape index (κ2) is 7.01. The lowest BCUT2D eigenvalue weighted by atomic mass is 9.93. The molecule has 0 saturated carbocycles. The second-order valence-electron chi connectivity index (χ2n) is 7.61. The summed E-state index contributed by atoms with van der Waals surface area (Å²) in [6, 6.07) is 23.1. The third kappa shape index (κ3) is 2.81. The van der Waals surface area contributed by atoms with E-state index in [0.29, 0.717) is 5.69 Å². The molecule has 2 fully saturated rings. The average molecular weight is 386 g/mol. The molecule has 0 spiro atoms. The number of amides is 2. The summed E-state index contributed by atoms with van der Waals surface area (Å²) in [4.78, 5) is 34.0. The van der Waals surface area contributed by atoms with Gasteiger partial charge in [0, 0.05) is 0 Å². The minimum Gasteiger partial charge on any atom is -0.273 e. The van der Waals surface area contributed by atoms with E-state index in [-0.39, 0.29) is 17.9 Å². The summed E-state index contributed by atoms with van der Waals surface area (Å²) in [5.41, 5.74) is 1.48. The Labute approximate surface area is 169 Å². The monoisotopic (exact) mass is 386 g/mol. The number of imide groups is 1. The molecule has 0 radical (unpaired) electrons. The molecule has 5 rings (SSSR count). The first kappa shape index (κ1) is 17.9. The molecule has 2 amide bonds. The number of hydrogen-bond acceptors (Lipinski definition) is 4. The quantitative estimate of drug-likeness (QED) is 0.627. The molecule has 3 aromatic carbocycles. The zero-order chi connectivity index (χ0) is 20.0. The fourth-order valence-corrected chi connectivity index (χ4v) is 4.48. The van der Waals surface area contributed by atoms with Crippen LogP contribution in [-0.4, -0.2) is 24.0 Å². The number of fused-ring (bicyclic) bond motifs is 2. The van der Waals surface area contributed by atoms with Gasteiger partial charge in [-0.25, -0.2) is 9.96 Å². The van der Waals surface area contributed by atoms with Crippen molar-refractivity contribution in [3.05, 3.63) is 72.8 Å². The van der Waals surface area contributed by atoms with Crippen molar-refractivity contribution in [1.29, 1.82) is 0 Å². The number of hydroxylamine groups is 1. The van der Waals surface area contributed by atoms with Gasteiger partial charge in [-0.05, 0) is 41.5 Å². The van der Waals surface area contributed by atoms with Gasteiger partial charge in [0.2, 0.25) is 5.91 Å². The van der Waals surface area contributed by atoms with Gasteiger partial charge < -0.3 is 0 Å². The maximum Gasteiger partial charge on any atom is 0.266 e. The molecule has 0 aromatic heterocycles. The lowest BCUT2D eigenvalue weighted by Gasteiger charge is -2.28. The zero-order valence-corrected chi connectivity index (χ0v) is 16.2. The van der Waals surface area contributed by atoms with Gasteiger partial charge in [0.1, 0.15) is 0 Å². The molecule has 0 N–H and O–H groups in total. The summed E-state index contributed by atoms with van der Waals surface area (Å²) in [7, 11) is 0. The predicted molar refractivity (Wildman–Crippen MR) is 112 cm³/mol. The molecule has 2 aliphatic heterocycles. The highest BCUT2D eigenvalue weighted by molar-refractivity contribution is 6.24. The lowest BCUT2D eigenvalue weighted by molar-refractivity contribution is -0.126. The van der Waals surface area contributed by atoms with Crippen molar-refractivity contribution in [2.24, 2.45) is 5.92 Å². The summed E-state index contributed by atoms with van der Waals surface area (Å²) >= 11 is 0. The van der Waals surface area contributed by atoms with Crippen LogP contribution in [0.15, 0.2) is 72.8 Å². The molecule has 3 aromatic rings. The molecule has 0 aliphatic carbocycles. The fraction of sp³-hybridized carbons (Fsp3) is 0.250. The van der Waals surface area contributed by atoms with Crippen LogP contribution >= 0.6 is 0 Å². The van der Waals surface area contributed by atoms with Crippen molar-refractivity contribution in [3.63, 3.8) is 0 Å². The molecule has 2 saturated heterocycles. The van der Waals surface area contributed by atoms with E-state index in [1.54, 1.807) is 5.06 Å². The zero-order valence-electron chi connectivity index (χ0n) is 16.2. The summed E-state index contributed by atoms with van der Waals surface area (Å²) in [5.74, 6) is -0.948. The first-order chi connectivity index (χ1) is 14.2. The van der Waals surface area contributed by atoms with E-state index in [2.05, 4.69) is 6.92 Å². The van der Waals surface area contributed by atoms with E-state index < -0.39 is 12.0 Å². The Hall–Kier alpha value is -3.18. The third-order valence-electron chi connectivity index (χ3n) is 5.82. The van der Waals surface area contributed by atoms with Crippen LogP contribution < -0.4 is 9.96 Å². The number of carbonyl (C=O) groups excluding carboxylic acids is 2. The van der Waals surface area contributed by atoms with Crippen molar-refractivity contribution in [2.45, 2.75) is 31.9 Å². The smallest absolute Gasteiger partial charge is 0.266 e. The molecule has 29 heavy (non-hydrogen) atoms. The van der Waals surface area contributed by atoms with Crippen LogP contribution in [0.5, 0.6) is 0 Å². The van der Waals surface area contributed by atoms with E-state index in [1.807, 2.05) is 72.8 Å². The first-order valence-corrected chi connectivity index (χ1v) is 10.1. The number of benzene rings is 3. The fourth-order valence-electron chi connectivity index (χ4n) is 4.48. The highest BCUT2D eigenvalue weighted by atomic mass is 16.7. The van der Waals surface area contributed by atoms with Gasteiger partial charge in [0.15, 0.2) is 6.10 Å². The van der Waals surface area contributed by atoms with E-state index >= 15 is 0 Å². The minimum absolute atomic E-state index is 0.158. The average Bonchev–Trinajstić information content (AvgIpc) is 3.24. The normalized spacial score (nSPS) is 23.8. The van der Waals surface area contributed by atoms with E-state index in [0.717, 1.165) is 29.3 Å². The van der Waals surface area contributed by atoms with Gasteiger partial charge in [-0.3, -0.25) is 14.4 Å². The summed E-state index contributed by atoms with van der Waals surface area (Å²) < 4.78 is 0. The molecule has 146 valence electrons. The molecule has 0 bridgehead atoms. The van der Waals surface area contributed by atoms with Gasteiger partial charge >= 0.3 is 0 Å². The van der Waals surface area contributed by atoms with Crippen molar-refractivity contribution >= 4 is 34.0 Å². The number of para-hydroxylation sites is 1. The van der Waals surface area contributed by atoms with E-state index in [4.69, 9.17) is 4.84 Å². The van der Waals surface area contributed by atoms with E-state index in [9.17, 15) is 9.59 Å². The number of rotatable bonds is 4. The number of hydrogen-bond donors (Lipinski definition) is 0. The van der Waals surface area contributed by atoms with Gasteiger partial charge in [0.05, 0.1) is 23.3 Å². The van der Waals surface area contributed by atoms with Crippen LogP contribution in [0.2, 0.25) is 0 Å². The molecular formula is C24H22N2O3. The third-order valence-corrected chi connectivity index (χ3v) is 5.82. The van der Waals surface area contributed by atoms with Gasteiger partial charge in [-0.2, -0.15) is 0 Å². The summed E-state index contributed by atoms with van der Waals surface area (Å²) in [6.07, 6.45) is 0.907. The standard InChI is InChI=1S/C24H22N2O3/c1-2-8-20-21-22(29-26(20)18-11-4-3-5-12-18)24(28)25(23(21)27)19-14-13-16-9-6-7-10-17(16)15-19/h3-7,9-15,20-22H,2,8H2,1H3/t20-,21-,22-/m1/s1. The number of anilines is 2. The van der Waals surface area contributed by atoms with Crippen molar-refractivity contribution in [3.8, 4) is 0 Å². The number of nitrogens with zero attached hydrogens (tertiary/aromatic N) is 2. The Morgan fingerprint density at radius 1 is 0.828 bits per heavy atom. The van der Waals surface area contributed by atoms with Gasteiger partial charge in [0.25, 0.3) is 5.91 Å². The van der Waals surface area contributed by atoms with Gasteiger partial charge in [-0.1, -0.05) is 61.9 Å². The molecule has 2 aliphatic rings. The second-order valence-corrected chi connectivity index (χ2v) is 7.61. The van der Waals surface area contributed by atoms with Crippen LogP contribution in [0, 0.1) is 5.92 Å².